The maximum Gasteiger partial charge on any atom is 0.410 e. The molecule has 8 heteroatoms. The molecule has 4 rings (SSSR count). The van der Waals surface area contributed by atoms with Crippen molar-refractivity contribution in [2.45, 2.75) is 46.0 Å². The smallest absolute Gasteiger partial charge is 0.410 e. The molecule has 7 nitrogen and oxygen atoms in total. The van der Waals surface area contributed by atoms with Crippen molar-refractivity contribution >= 4 is 17.5 Å². The zero-order valence-corrected chi connectivity index (χ0v) is 17.9. The predicted octanol–water partition coefficient (Wildman–Crippen LogP) is 4.15. The van der Waals surface area contributed by atoms with E-state index in [-0.39, 0.29) is 5.82 Å². The van der Waals surface area contributed by atoms with Gasteiger partial charge in [0.15, 0.2) is 0 Å². The number of carbonyl (C=O) groups excluding carboxylic acids is 1. The van der Waals surface area contributed by atoms with Crippen LogP contribution < -0.4 is 11.5 Å². The monoisotopic (exact) mass is 423 g/mol. The first-order valence-electron chi connectivity index (χ1n) is 10.1. The third-order valence-electron chi connectivity index (χ3n) is 5.09. The number of hydrogen-bond donors (Lipinski definition) is 2. The summed E-state index contributed by atoms with van der Waals surface area (Å²) < 4.78 is 22.0. The Morgan fingerprint density at radius 2 is 1.87 bits per heavy atom. The standard InChI is InChI=1S/C23H26FN5O2/c1-23(2,3)31-22(30)28-12-16-20(13-28)27-29(11-14-8-9-18(25)19(26)10-14)21(16)15-6-4-5-7-17(15)24/h4-10H,11-13,25-26H2,1-3H3. The molecule has 0 bridgehead atoms. The van der Waals surface area contributed by atoms with Crippen LogP contribution in [0, 0.1) is 5.82 Å². The van der Waals surface area contributed by atoms with Crippen molar-refractivity contribution in [3.05, 3.63) is 65.1 Å². The molecular weight excluding hydrogens is 397 g/mol. The second kappa shape index (κ2) is 7.61. The van der Waals surface area contributed by atoms with Crippen LogP contribution in [-0.4, -0.2) is 26.4 Å². The summed E-state index contributed by atoms with van der Waals surface area (Å²) in [7, 11) is 0. The number of hydrogen-bond acceptors (Lipinski definition) is 5. The molecule has 162 valence electrons. The number of anilines is 2. The number of nitrogen functional groups attached to an aromatic ring is 2. The minimum Gasteiger partial charge on any atom is -0.444 e. The van der Waals surface area contributed by atoms with Gasteiger partial charge in [0, 0.05) is 11.1 Å². The highest BCUT2D eigenvalue weighted by Crippen LogP contribution is 2.35. The lowest BCUT2D eigenvalue weighted by Crippen LogP contribution is -2.33. The quantitative estimate of drug-likeness (QED) is 0.617. The average Bonchev–Trinajstić information content (AvgIpc) is 3.22. The molecule has 0 atom stereocenters. The summed E-state index contributed by atoms with van der Waals surface area (Å²) in [6, 6.07) is 12.0. The predicted molar refractivity (Wildman–Crippen MR) is 117 cm³/mol. The van der Waals surface area contributed by atoms with E-state index in [0.717, 1.165) is 16.8 Å². The zero-order chi connectivity index (χ0) is 22.3. The lowest BCUT2D eigenvalue weighted by Gasteiger charge is -2.24. The summed E-state index contributed by atoms with van der Waals surface area (Å²) in [5, 5.41) is 4.71. The topological polar surface area (TPSA) is 99.4 Å². The molecule has 1 aliphatic rings. The average molecular weight is 423 g/mol. The molecule has 31 heavy (non-hydrogen) atoms. The van der Waals surface area contributed by atoms with Crippen LogP contribution in [0.4, 0.5) is 20.6 Å². The van der Waals surface area contributed by atoms with Crippen molar-refractivity contribution in [1.29, 1.82) is 0 Å². The number of ether oxygens (including phenoxy) is 1. The van der Waals surface area contributed by atoms with Gasteiger partial charge in [-0.25, -0.2) is 9.18 Å². The fraction of sp³-hybridized carbons (Fsp3) is 0.304. The molecule has 1 aromatic heterocycles. The van der Waals surface area contributed by atoms with Crippen LogP contribution in [0.25, 0.3) is 11.3 Å². The van der Waals surface area contributed by atoms with Crippen LogP contribution in [0.3, 0.4) is 0 Å². The number of nitrogens with zero attached hydrogens (tertiary/aromatic N) is 3. The largest absolute Gasteiger partial charge is 0.444 e. The van der Waals surface area contributed by atoms with Crippen LogP contribution in [0.5, 0.6) is 0 Å². The highest BCUT2D eigenvalue weighted by Gasteiger charge is 2.33. The summed E-state index contributed by atoms with van der Waals surface area (Å²) in [5.74, 6) is -0.348. The molecular formula is C23H26FN5O2. The fourth-order valence-corrected chi connectivity index (χ4v) is 3.69. The van der Waals surface area contributed by atoms with E-state index in [2.05, 4.69) is 0 Å². The summed E-state index contributed by atoms with van der Waals surface area (Å²) in [4.78, 5) is 14.1. The van der Waals surface area contributed by atoms with E-state index in [9.17, 15) is 9.18 Å². The summed E-state index contributed by atoms with van der Waals surface area (Å²) in [6.45, 7) is 6.48. The first-order valence-corrected chi connectivity index (χ1v) is 10.1. The number of carbonyl (C=O) groups is 1. The summed E-state index contributed by atoms with van der Waals surface area (Å²) >= 11 is 0. The van der Waals surface area contributed by atoms with Gasteiger partial charge >= 0.3 is 6.09 Å². The van der Waals surface area contributed by atoms with Gasteiger partial charge in [0.1, 0.15) is 11.4 Å². The van der Waals surface area contributed by atoms with Crippen molar-refractivity contribution in [2.75, 3.05) is 11.5 Å². The van der Waals surface area contributed by atoms with Crippen LogP contribution in [0.1, 0.15) is 37.6 Å². The van der Waals surface area contributed by atoms with Crippen molar-refractivity contribution in [1.82, 2.24) is 14.7 Å². The van der Waals surface area contributed by atoms with Crippen LogP contribution in [-0.2, 0) is 24.4 Å². The van der Waals surface area contributed by atoms with Crippen LogP contribution >= 0.6 is 0 Å². The van der Waals surface area contributed by atoms with Crippen molar-refractivity contribution < 1.29 is 13.9 Å². The van der Waals surface area contributed by atoms with Crippen molar-refractivity contribution in [2.24, 2.45) is 0 Å². The van der Waals surface area contributed by atoms with Crippen LogP contribution in [0.15, 0.2) is 42.5 Å². The fourth-order valence-electron chi connectivity index (χ4n) is 3.69. The number of aromatic nitrogens is 2. The molecule has 3 aromatic rings. The third kappa shape index (κ3) is 4.19. The van der Waals surface area contributed by atoms with E-state index >= 15 is 0 Å². The number of rotatable bonds is 3. The van der Waals surface area contributed by atoms with E-state index < -0.39 is 11.7 Å². The SMILES string of the molecule is CC(C)(C)OC(=O)N1Cc2nn(Cc3ccc(N)c(N)c3)c(-c3ccccc3F)c2C1. The number of nitrogens with two attached hydrogens (primary N) is 2. The van der Waals surface area contributed by atoms with E-state index in [1.165, 1.54) is 6.07 Å². The van der Waals surface area contributed by atoms with Gasteiger partial charge in [0.05, 0.1) is 42.4 Å². The van der Waals surface area contributed by atoms with E-state index in [0.29, 0.717) is 42.3 Å². The second-order valence-corrected chi connectivity index (χ2v) is 8.71. The van der Waals surface area contributed by atoms with E-state index in [4.69, 9.17) is 21.3 Å². The molecule has 0 aliphatic carbocycles. The Morgan fingerprint density at radius 1 is 1.13 bits per heavy atom. The molecule has 1 amide bonds. The van der Waals surface area contributed by atoms with Crippen molar-refractivity contribution in [3.63, 3.8) is 0 Å². The Hall–Kier alpha value is -3.55. The molecule has 1 aliphatic heterocycles. The Kier molecular flexibility index (Phi) is 5.08. The molecule has 2 aromatic carbocycles. The van der Waals surface area contributed by atoms with Gasteiger partial charge in [-0.15, -0.1) is 0 Å². The summed E-state index contributed by atoms with van der Waals surface area (Å²) in [6.07, 6.45) is -0.414. The Labute approximate surface area is 180 Å². The molecule has 0 radical (unpaired) electrons. The first kappa shape index (κ1) is 20.7. The number of halogens is 1. The number of benzene rings is 2. The number of fused-ring (bicyclic) bond motifs is 1. The lowest BCUT2D eigenvalue weighted by molar-refractivity contribution is 0.0239. The van der Waals surface area contributed by atoms with Crippen LogP contribution in [0.2, 0.25) is 0 Å². The molecule has 0 saturated heterocycles. The highest BCUT2D eigenvalue weighted by atomic mass is 19.1. The zero-order valence-electron chi connectivity index (χ0n) is 17.9. The second-order valence-electron chi connectivity index (χ2n) is 8.71. The molecule has 0 fully saturated rings. The molecule has 0 unspecified atom stereocenters. The maximum absolute atomic E-state index is 14.8. The molecule has 0 spiro atoms. The maximum atomic E-state index is 14.8. The lowest BCUT2D eigenvalue weighted by atomic mass is 10.1. The Morgan fingerprint density at radius 3 is 2.55 bits per heavy atom. The molecule has 4 N–H and O–H groups in total. The highest BCUT2D eigenvalue weighted by molar-refractivity contribution is 5.72. The van der Waals surface area contributed by atoms with Gasteiger partial charge < -0.3 is 16.2 Å². The van der Waals surface area contributed by atoms with Gasteiger partial charge in [-0.1, -0.05) is 18.2 Å². The van der Waals surface area contributed by atoms with E-state index in [1.807, 2.05) is 26.8 Å². The first-order chi connectivity index (χ1) is 14.6. The van der Waals surface area contributed by atoms with E-state index in [1.54, 1.807) is 39.9 Å². The van der Waals surface area contributed by atoms with Gasteiger partial charge in [-0.2, -0.15) is 5.10 Å². The normalized spacial score (nSPS) is 13.4. The van der Waals surface area contributed by atoms with Gasteiger partial charge in [0.2, 0.25) is 0 Å². The van der Waals surface area contributed by atoms with Gasteiger partial charge in [-0.05, 0) is 50.6 Å². The Balaban J connectivity index is 1.72. The number of amides is 1. The van der Waals surface area contributed by atoms with Gasteiger partial charge in [-0.3, -0.25) is 9.58 Å². The Bertz CT molecular complexity index is 1150. The summed E-state index contributed by atoms with van der Waals surface area (Å²) in [5.41, 5.74) is 15.7. The molecule has 2 heterocycles. The van der Waals surface area contributed by atoms with Gasteiger partial charge in [0.25, 0.3) is 0 Å². The molecule has 0 saturated carbocycles. The third-order valence-corrected chi connectivity index (χ3v) is 5.09. The minimum absolute atomic E-state index is 0.303. The minimum atomic E-state index is -0.597. The van der Waals surface area contributed by atoms with Crippen molar-refractivity contribution in [3.8, 4) is 11.3 Å².